The van der Waals surface area contributed by atoms with Gasteiger partial charge in [-0.2, -0.15) is 17.0 Å². The fourth-order valence-corrected chi connectivity index (χ4v) is 6.20. The largest absolute Gasteiger partial charge is 0.448 e. The van der Waals surface area contributed by atoms with E-state index in [2.05, 4.69) is 0 Å². The first-order valence-electron chi connectivity index (χ1n) is 10.7. The monoisotopic (exact) mass is 435 g/mol. The van der Waals surface area contributed by atoms with Gasteiger partial charge in [-0.3, -0.25) is 4.79 Å². The molecule has 1 atom stereocenters. The number of carbonyl (C=O) groups is 2. The fraction of sp³-hybridized carbons (Fsp3) is 0.619. The van der Waals surface area contributed by atoms with Crippen molar-refractivity contribution in [2.45, 2.75) is 50.7 Å². The Morgan fingerprint density at radius 1 is 1.07 bits per heavy atom. The molecule has 1 aromatic carbocycles. The smallest absolute Gasteiger partial charge is 0.339 e. The average molecular weight is 436 g/mol. The molecule has 1 saturated carbocycles. The number of cyclic esters (lactones) is 1. The van der Waals surface area contributed by atoms with Crippen molar-refractivity contribution in [1.29, 1.82) is 0 Å². The fourth-order valence-electron chi connectivity index (χ4n) is 4.63. The number of esters is 1. The first kappa shape index (κ1) is 21.3. The highest BCUT2D eigenvalue weighted by atomic mass is 32.2. The van der Waals surface area contributed by atoms with Crippen molar-refractivity contribution in [3.63, 3.8) is 0 Å². The Kier molecular flexibility index (Phi) is 6.13. The van der Waals surface area contributed by atoms with E-state index in [1.807, 2.05) is 12.1 Å². The second-order valence-corrected chi connectivity index (χ2v) is 10.3. The van der Waals surface area contributed by atoms with Crippen LogP contribution in [-0.2, 0) is 26.2 Å². The van der Waals surface area contributed by atoms with Gasteiger partial charge in [0.15, 0.2) is 6.10 Å². The van der Waals surface area contributed by atoms with E-state index in [-0.39, 0.29) is 25.0 Å². The van der Waals surface area contributed by atoms with Gasteiger partial charge in [-0.15, -0.1) is 0 Å². The van der Waals surface area contributed by atoms with Crippen LogP contribution in [0.5, 0.6) is 0 Å². The van der Waals surface area contributed by atoms with E-state index in [1.165, 1.54) is 15.0 Å². The summed E-state index contributed by atoms with van der Waals surface area (Å²) < 4.78 is 34.4. The molecule has 0 radical (unpaired) electrons. The van der Waals surface area contributed by atoms with Gasteiger partial charge in [0.05, 0.1) is 5.56 Å². The summed E-state index contributed by atoms with van der Waals surface area (Å²) in [7, 11) is -1.87. The number of fused-ring (bicyclic) bond motifs is 1. The zero-order valence-electron chi connectivity index (χ0n) is 17.3. The number of hydrogen-bond donors (Lipinski definition) is 0. The zero-order chi connectivity index (χ0) is 21.3. The molecule has 1 amide bonds. The third kappa shape index (κ3) is 4.10. The Morgan fingerprint density at radius 2 is 1.73 bits per heavy atom. The van der Waals surface area contributed by atoms with Crippen LogP contribution in [0.2, 0.25) is 0 Å². The van der Waals surface area contributed by atoms with Crippen LogP contribution < -0.4 is 0 Å². The molecule has 1 aliphatic carbocycles. The normalized spacial score (nSPS) is 23.9. The molecule has 3 aliphatic rings. The van der Waals surface area contributed by atoms with Gasteiger partial charge in [-0.1, -0.05) is 37.5 Å². The van der Waals surface area contributed by atoms with E-state index in [0.29, 0.717) is 25.1 Å². The molecule has 0 N–H and O–H groups in total. The van der Waals surface area contributed by atoms with E-state index < -0.39 is 22.3 Å². The molecular formula is C21H29N3O5S. The van der Waals surface area contributed by atoms with Crippen molar-refractivity contribution in [1.82, 2.24) is 13.5 Å². The van der Waals surface area contributed by atoms with Crippen LogP contribution >= 0.6 is 0 Å². The Hall–Kier alpha value is -1.97. The second-order valence-electron chi connectivity index (χ2n) is 8.30. The lowest BCUT2D eigenvalue weighted by Crippen LogP contribution is -2.57. The molecule has 4 rings (SSSR count). The summed E-state index contributed by atoms with van der Waals surface area (Å²) in [5.41, 5.74) is 1.31. The standard InChI is InChI=1S/C21H29N3O5S/c1-22(17-8-3-2-4-9-17)30(27,28)24-13-11-23(12-14-24)20(25)19-15-16-7-5-6-10-18(16)21(26)29-19/h5-7,10,17,19H,2-4,8-9,11-15H2,1H3. The minimum Gasteiger partial charge on any atom is -0.448 e. The summed E-state index contributed by atoms with van der Waals surface area (Å²) in [6.07, 6.45) is 4.61. The lowest BCUT2D eigenvalue weighted by molar-refractivity contribution is -0.142. The summed E-state index contributed by atoms with van der Waals surface area (Å²) >= 11 is 0. The topological polar surface area (TPSA) is 87.2 Å². The maximum absolute atomic E-state index is 13.0. The highest BCUT2D eigenvalue weighted by Gasteiger charge is 2.38. The van der Waals surface area contributed by atoms with Gasteiger partial charge in [-0.05, 0) is 24.5 Å². The Morgan fingerprint density at radius 3 is 2.43 bits per heavy atom. The van der Waals surface area contributed by atoms with Gasteiger partial charge in [0.2, 0.25) is 0 Å². The maximum atomic E-state index is 13.0. The predicted octanol–water partition coefficient (Wildman–Crippen LogP) is 1.42. The summed E-state index contributed by atoms with van der Waals surface area (Å²) in [4.78, 5) is 26.7. The van der Waals surface area contributed by atoms with Crippen molar-refractivity contribution in [2.24, 2.45) is 0 Å². The van der Waals surface area contributed by atoms with Gasteiger partial charge in [-0.25, -0.2) is 4.79 Å². The highest BCUT2D eigenvalue weighted by Crippen LogP contribution is 2.26. The molecule has 2 heterocycles. The Labute approximate surface area is 178 Å². The van der Waals surface area contributed by atoms with Gasteiger partial charge in [0, 0.05) is 45.7 Å². The van der Waals surface area contributed by atoms with Crippen LogP contribution in [0.3, 0.4) is 0 Å². The molecule has 2 aliphatic heterocycles. The van der Waals surface area contributed by atoms with Gasteiger partial charge >= 0.3 is 5.97 Å². The SMILES string of the molecule is CN(C1CCCCC1)S(=O)(=O)N1CCN(C(=O)C2Cc3ccccc3C(=O)O2)CC1. The summed E-state index contributed by atoms with van der Waals surface area (Å²) in [6.45, 7) is 1.10. The van der Waals surface area contributed by atoms with Crippen molar-refractivity contribution in [3.05, 3.63) is 35.4 Å². The molecule has 0 bridgehead atoms. The van der Waals surface area contributed by atoms with Gasteiger partial charge < -0.3 is 9.64 Å². The first-order valence-corrected chi connectivity index (χ1v) is 12.1. The molecule has 1 aromatic rings. The van der Waals surface area contributed by atoms with Crippen molar-refractivity contribution in [3.8, 4) is 0 Å². The van der Waals surface area contributed by atoms with E-state index in [9.17, 15) is 18.0 Å². The molecular weight excluding hydrogens is 406 g/mol. The van der Waals surface area contributed by atoms with Crippen molar-refractivity contribution < 1.29 is 22.7 Å². The van der Waals surface area contributed by atoms with E-state index in [4.69, 9.17) is 4.74 Å². The minimum atomic E-state index is -3.54. The molecule has 2 fully saturated rings. The third-order valence-electron chi connectivity index (χ3n) is 6.50. The summed E-state index contributed by atoms with van der Waals surface area (Å²) in [5.74, 6) is -0.735. The molecule has 0 aromatic heterocycles. The second kappa shape index (κ2) is 8.64. The first-order chi connectivity index (χ1) is 14.4. The molecule has 1 unspecified atom stereocenters. The molecule has 164 valence electrons. The van der Waals surface area contributed by atoms with Crippen LogP contribution in [0.15, 0.2) is 24.3 Å². The minimum absolute atomic E-state index is 0.0603. The quantitative estimate of drug-likeness (QED) is 0.668. The maximum Gasteiger partial charge on any atom is 0.339 e. The van der Waals surface area contributed by atoms with Crippen molar-refractivity contribution in [2.75, 3.05) is 33.2 Å². The van der Waals surface area contributed by atoms with Gasteiger partial charge in [0.25, 0.3) is 16.1 Å². The number of benzene rings is 1. The third-order valence-corrected chi connectivity index (χ3v) is 8.54. The molecule has 9 heteroatoms. The molecule has 0 spiro atoms. The van der Waals surface area contributed by atoms with Crippen LogP contribution in [0.4, 0.5) is 0 Å². The summed E-state index contributed by atoms with van der Waals surface area (Å²) in [6, 6.07) is 7.20. The van der Waals surface area contributed by atoms with E-state index in [1.54, 1.807) is 24.1 Å². The van der Waals surface area contributed by atoms with Crippen LogP contribution in [0, 0.1) is 0 Å². The van der Waals surface area contributed by atoms with E-state index >= 15 is 0 Å². The van der Waals surface area contributed by atoms with Crippen LogP contribution in [0.25, 0.3) is 0 Å². The number of piperazine rings is 1. The number of rotatable bonds is 4. The van der Waals surface area contributed by atoms with Crippen molar-refractivity contribution >= 4 is 22.1 Å². The van der Waals surface area contributed by atoms with E-state index in [0.717, 1.165) is 31.2 Å². The number of hydrogen-bond acceptors (Lipinski definition) is 5. The molecule has 8 nitrogen and oxygen atoms in total. The molecule has 30 heavy (non-hydrogen) atoms. The zero-order valence-corrected chi connectivity index (χ0v) is 18.1. The number of amides is 1. The highest BCUT2D eigenvalue weighted by molar-refractivity contribution is 7.86. The average Bonchev–Trinajstić information content (AvgIpc) is 2.78. The van der Waals surface area contributed by atoms with Crippen LogP contribution in [-0.4, -0.2) is 79.2 Å². The Balaban J connectivity index is 1.36. The number of carbonyl (C=O) groups excluding carboxylic acids is 2. The Bertz CT molecular complexity index is 905. The lowest BCUT2D eigenvalue weighted by Gasteiger charge is -2.39. The number of nitrogens with zero attached hydrogens (tertiary/aromatic N) is 3. The molecule has 1 saturated heterocycles. The number of ether oxygens (including phenoxy) is 1. The van der Waals surface area contributed by atoms with Crippen LogP contribution in [0.1, 0.15) is 48.0 Å². The lowest BCUT2D eigenvalue weighted by atomic mass is 9.96. The summed E-state index contributed by atoms with van der Waals surface area (Å²) in [5, 5.41) is 0. The van der Waals surface area contributed by atoms with Gasteiger partial charge in [0.1, 0.15) is 0 Å². The predicted molar refractivity (Wildman–Crippen MR) is 111 cm³/mol.